The molecule has 1 atom stereocenters. The lowest BCUT2D eigenvalue weighted by molar-refractivity contribution is -0.138. The highest BCUT2D eigenvalue weighted by Gasteiger charge is 2.37. The number of carbonyl (C=O) groups is 1. The van der Waals surface area contributed by atoms with Crippen molar-refractivity contribution in [3.05, 3.63) is 0 Å². The van der Waals surface area contributed by atoms with E-state index in [1.807, 2.05) is 25.7 Å². The van der Waals surface area contributed by atoms with Crippen molar-refractivity contribution < 1.29 is 4.79 Å². The summed E-state index contributed by atoms with van der Waals surface area (Å²) >= 11 is 5.07. The van der Waals surface area contributed by atoms with Crippen LogP contribution >= 0.6 is 12.2 Å². The summed E-state index contributed by atoms with van der Waals surface area (Å²) in [5.41, 5.74) is 5.06. The number of amides is 1. The molecule has 0 aliphatic carbocycles. The van der Waals surface area contributed by atoms with Crippen molar-refractivity contribution in [3.8, 4) is 0 Å². The molecular formula is C14H28N2OS. The Bertz CT molecular complexity index is 290. The molecule has 1 amide bonds. The van der Waals surface area contributed by atoms with E-state index < -0.39 is 5.41 Å². The molecule has 106 valence electrons. The first-order chi connectivity index (χ1) is 8.37. The van der Waals surface area contributed by atoms with Gasteiger partial charge in [0.25, 0.3) is 0 Å². The van der Waals surface area contributed by atoms with E-state index in [1.54, 1.807) is 0 Å². The zero-order chi connectivity index (χ0) is 14.3. The predicted octanol–water partition coefficient (Wildman–Crippen LogP) is 2.97. The van der Waals surface area contributed by atoms with Crippen LogP contribution in [0.25, 0.3) is 0 Å². The molecule has 0 aliphatic rings. The molecule has 0 radical (unpaired) electrons. The Morgan fingerprint density at radius 1 is 1.28 bits per heavy atom. The van der Waals surface area contributed by atoms with Gasteiger partial charge in [-0.25, -0.2) is 0 Å². The summed E-state index contributed by atoms with van der Waals surface area (Å²) in [4.78, 5) is 14.8. The molecule has 0 fully saturated rings. The molecule has 0 spiro atoms. The second-order valence-electron chi connectivity index (χ2n) is 5.08. The lowest BCUT2D eigenvalue weighted by Crippen LogP contribution is -2.49. The maximum Gasteiger partial charge on any atom is 0.235 e. The third-order valence-electron chi connectivity index (χ3n) is 4.03. The molecule has 0 aromatic carbocycles. The Kier molecular flexibility index (Phi) is 7.45. The summed E-state index contributed by atoms with van der Waals surface area (Å²) in [7, 11) is 0. The maximum absolute atomic E-state index is 12.6. The largest absolute Gasteiger partial charge is 0.392 e. The van der Waals surface area contributed by atoms with Crippen LogP contribution in [0.3, 0.4) is 0 Å². The Morgan fingerprint density at radius 3 is 2.06 bits per heavy atom. The average Bonchev–Trinajstić information content (AvgIpc) is 2.38. The van der Waals surface area contributed by atoms with Crippen LogP contribution in [0.4, 0.5) is 0 Å². The van der Waals surface area contributed by atoms with E-state index in [0.717, 1.165) is 19.4 Å². The van der Waals surface area contributed by atoms with E-state index in [4.69, 9.17) is 18.0 Å². The minimum Gasteiger partial charge on any atom is -0.392 e. The van der Waals surface area contributed by atoms with Crippen molar-refractivity contribution in [2.24, 2.45) is 17.1 Å². The van der Waals surface area contributed by atoms with Gasteiger partial charge in [-0.1, -0.05) is 45.8 Å². The topological polar surface area (TPSA) is 46.3 Å². The molecule has 18 heavy (non-hydrogen) atoms. The molecule has 0 saturated heterocycles. The monoisotopic (exact) mass is 272 g/mol. The van der Waals surface area contributed by atoms with Crippen LogP contribution in [-0.4, -0.2) is 28.9 Å². The first-order valence-corrected chi connectivity index (χ1v) is 7.37. The molecule has 0 aliphatic heterocycles. The summed E-state index contributed by atoms with van der Waals surface area (Å²) in [6.45, 7) is 11.7. The molecule has 2 N–H and O–H groups in total. The van der Waals surface area contributed by atoms with Gasteiger partial charge in [-0.3, -0.25) is 4.79 Å². The predicted molar refractivity (Wildman–Crippen MR) is 81.5 cm³/mol. The molecule has 0 rings (SSSR count). The van der Waals surface area contributed by atoms with Crippen LogP contribution in [0.2, 0.25) is 0 Å². The Morgan fingerprint density at radius 2 is 1.78 bits per heavy atom. The zero-order valence-electron chi connectivity index (χ0n) is 12.5. The number of hydrogen-bond donors (Lipinski definition) is 1. The van der Waals surface area contributed by atoms with Gasteiger partial charge in [0, 0.05) is 13.1 Å². The van der Waals surface area contributed by atoms with E-state index in [-0.39, 0.29) is 5.91 Å². The summed E-state index contributed by atoms with van der Waals surface area (Å²) in [6.07, 6.45) is 2.84. The van der Waals surface area contributed by atoms with Crippen molar-refractivity contribution in [1.29, 1.82) is 0 Å². The average molecular weight is 272 g/mol. The van der Waals surface area contributed by atoms with Gasteiger partial charge in [0.15, 0.2) is 0 Å². The third kappa shape index (κ3) is 3.94. The fourth-order valence-corrected chi connectivity index (χ4v) is 2.23. The molecular weight excluding hydrogens is 244 g/mol. The fraction of sp³-hybridized carbons (Fsp3) is 0.857. The summed E-state index contributed by atoms with van der Waals surface area (Å²) in [5, 5.41) is 0. The second-order valence-corrected chi connectivity index (χ2v) is 5.52. The Hall–Kier alpha value is -0.640. The van der Waals surface area contributed by atoms with Gasteiger partial charge in [-0.2, -0.15) is 0 Å². The smallest absolute Gasteiger partial charge is 0.235 e. The number of carbonyl (C=O) groups excluding carboxylic acids is 1. The van der Waals surface area contributed by atoms with Crippen LogP contribution in [0.15, 0.2) is 0 Å². The maximum atomic E-state index is 12.6. The lowest BCUT2D eigenvalue weighted by atomic mass is 9.85. The highest BCUT2D eigenvalue weighted by molar-refractivity contribution is 7.80. The van der Waals surface area contributed by atoms with Gasteiger partial charge in [-0.15, -0.1) is 0 Å². The van der Waals surface area contributed by atoms with Gasteiger partial charge in [-0.05, 0) is 26.2 Å². The zero-order valence-corrected chi connectivity index (χ0v) is 13.3. The highest BCUT2D eigenvalue weighted by Crippen LogP contribution is 2.25. The van der Waals surface area contributed by atoms with Crippen LogP contribution in [0.1, 0.15) is 53.9 Å². The SMILES string of the molecule is CCC(CC)CN(CC)C(=O)C(C)(CC)C(N)=S. The second kappa shape index (κ2) is 7.72. The summed E-state index contributed by atoms with van der Waals surface area (Å²) < 4.78 is 0. The van der Waals surface area contributed by atoms with E-state index in [9.17, 15) is 4.79 Å². The molecule has 0 saturated carbocycles. The summed E-state index contributed by atoms with van der Waals surface area (Å²) in [6, 6.07) is 0. The van der Waals surface area contributed by atoms with E-state index in [2.05, 4.69) is 13.8 Å². The number of nitrogens with zero attached hydrogens (tertiary/aromatic N) is 1. The van der Waals surface area contributed by atoms with Crippen molar-refractivity contribution in [2.45, 2.75) is 53.9 Å². The molecule has 4 heteroatoms. The molecule has 3 nitrogen and oxygen atoms in total. The third-order valence-corrected chi connectivity index (χ3v) is 4.48. The number of rotatable bonds is 8. The molecule has 0 heterocycles. The van der Waals surface area contributed by atoms with Gasteiger partial charge in [0.2, 0.25) is 5.91 Å². The minimum atomic E-state index is -0.697. The van der Waals surface area contributed by atoms with E-state index >= 15 is 0 Å². The van der Waals surface area contributed by atoms with Crippen LogP contribution < -0.4 is 5.73 Å². The standard InChI is InChI=1S/C14H28N2OS/c1-6-11(7-2)10-16(9-4)13(17)14(5,8-3)12(15)18/h11H,6-10H2,1-5H3,(H2,15,18). The highest BCUT2D eigenvalue weighted by atomic mass is 32.1. The lowest BCUT2D eigenvalue weighted by Gasteiger charge is -2.34. The molecule has 1 unspecified atom stereocenters. The normalized spacial score (nSPS) is 14.3. The van der Waals surface area contributed by atoms with Crippen LogP contribution in [-0.2, 0) is 4.79 Å². The quantitative estimate of drug-likeness (QED) is 0.691. The van der Waals surface area contributed by atoms with Crippen molar-refractivity contribution in [1.82, 2.24) is 4.90 Å². The first kappa shape index (κ1) is 17.4. The van der Waals surface area contributed by atoms with E-state index in [0.29, 0.717) is 23.9 Å². The van der Waals surface area contributed by atoms with Gasteiger partial charge < -0.3 is 10.6 Å². The molecule has 0 aromatic rings. The van der Waals surface area contributed by atoms with E-state index in [1.165, 1.54) is 0 Å². The van der Waals surface area contributed by atoms with Gasteiger partial charge >= 0.3 is 0 Å². The van der Waals surface area contributed by atoms with Crippen molar-refractivity contribution in [3.63, 3.8) is 0 Å². The number of hydrogen-bond acceptors (Lipinski definition) is 2. The summed E-state index contributed by atoms with van der Waals surface area (Å²) in [5.74, 6) is 0.633. The number of thiocarbonyl (C=S) groups is 1. The molecule has 0 aromatic heterocycles. The van der Waals surface area contributed by atoms with Gasteiger partial charge in [0.05, 0.1) is 10.4 Å². The van der Waals surface area contributed by atoms with Gasteiger partial charge in [0.1, 0.15) is 0 Å². The Labute approximate surface area is 117 Å². The minimum absolute atomic E-state index is 0.0758. The Balaban J connectivity index is 4.95. The number of nitrogens with two attached hydrogens (primary N) is 1. The van der Waals surface area contributed by atoms with Crippen molar-refractivity contribution >= 4 is 23.1 Å². The van der Waals surface area contributed by atoms with Crippen LogP contribution in [0, 0.1) is 11.3 Å². The molecule has 0 bridgehead atoms. The van der Waals surface area contributed by atoms with Crippen molar-refractivity contribution in [2.75, 3.05) is 13.1 Å². The first-order valence-electron chi connectivity index (χ1n) is 6.96. The fourth-order valence-electron chi connectivity index (χ4n) is 1.99. The van der Waals surface area contributed by atoms with Crippen LogP contribution in [0.5, 0.6) is 0 Å².